The molecule has 1 amide bonds. The summed E-state index contributed by atoms with van der Waals surface area (Å²) in [4.78, 5) is 25.5. The van der Waals surface area contributed by atoms with E-state index in [1.165, 1.54) is 6.26 Å². The van der Waals surface area contributed by atoms with Crippen LogP contribution in [-0.2, 0) is 10.4 Å². The second kappa shape index (κ2) is 10.8. The Balaban J connectivity index is 1.43. The number of guanidine groups is 1. The van der Waals surface area contributed by atoms with Crippen molar-refractivity contribution in [2.75, 3.05) is 50.7 Å². The summed E-state index contributed by atoms with van der Waals surface area (Å²) in [5, 5.41) is 16.9. The number of aromatic nitrogens is 1. The van der Waals surface area contributed by atoms with Gasteiger partial charge in [-0.2, -0.15) is 0 Å². The van der Waals surface area contributed by atoms with Crippen molar-refractivity contribution in [2.45, 2.75) is 25.9 Å². The fourth-order valence-electron chi connectivity index (χ4n) is 3.41. The molecule has 0 radical (unpaired) electrons. The van der Waals surface area contributed by atoms with Crippen LogP contribution in [0, 0.1) is 0 Å². The van der Waals surface area contributed by atoms with Crippen molar-refractivity contribution in [1.82, 2.24) is 20.5 Å². The fourth-order valence-corrected chi connectivity index (χ4v) is 3.41. The lowest BCUT2D eigenvalue weighted by Gasteiger charge is -2.35. The molecular formula is C22H32N6O3. The molecule has 1 unspecified atom stereocenters. The number of carbonyl (C=O) groups excluding carboxylic acids is 1. The van der Waals surface area contributed by atoms with E-state index in [4.69, 9.17) is 4.42 Å². The van der Waals surface area contributed by atoms with Gasteiger partial charge in [-0.05, 0) is 38.1 Å². The molecule has 0 aliphatic carbocycles. The molecule has 1 atom stereocenters. The molecular weight excluding hydrogens is 396 g/mol. The van der Waals surface area contributed by atoms with Crippen LogP contribution in [0.1, 0.15) is 26.0 Å². The number of nitrogens with zero attached hydrogens (tertiary/aromatic N) is 4. The molecule has 0 spiro atoms. The van der Waals surface area contributed by atoms with Gasteiger partial charge in [-0.1, -0.05) is 6.07 Å². The molecule has 1 aliphatic rings. The third-order valence-electron chi connectivity index (χ3n) is 5.18. The topological polar surface area (TPSA) is 106 Å². The lowest BCUT2D eigenvalue weighted by Crippen LogP contribution is -2.49. The number of aliphatic hydroxyl groups is 1. The SMILES string of the molecule is CCNC(=NCC(C)(O)c1ccco1)NCCC(=O)N1CCN(c2ccccn2)CC1. The number of pyridine rings is 1. The van der Waals surface area contributed by atoms with Crippen LogP contribution in [0.25, 0.3) is 0 Å². The minimum Gasteiger partial charge on any atom is -0.466 e. The normalized spacial score (nSPS) is 16.7. The Labute approximate surface area is 183 Å². The van der Waals surface area contributed by atoms with Gasteiger partial charge < -0.3 is 30.0 Å². The van der Waals surface area contributed by atoms with Crippen molar-refractivity contribution in [3.05, 3.63) is 48.6 Å². The number of hydrogen-bond donors (Lipinski definition) is 3. The smallest absolute Gasteiger partial charge is 0.224 e. The highest BCUT2D eigenvalue weighted by molar-refractivity contribution is 5.81. The summed E-state index contributed by atoms with van der Waals surface area (Å²) in [6, 6.07) is 9.33. The molecule has 2 aromatic rings. The summed E-state index contributed by atoms with van der Waals surface area (Å²) in [5.74, 6) is 2.09. The Morgan fingerprint density at radius 2 is 2.03 bits per heavy atom. The third kappa shape index (κ3) is 6.45. The number of piperazine rings is 1. The van der Waals surface area contributed by atoms with Gasteiger partial charge in [0.1, 0.15) is 17.2 Å². The predicted octanol–water partition coefficient (Wildman–Crippen LogP) is 1.18. The van der Waals surface area contributed by atoms with E-state index in [-0.39, 0.29) is 12.5 Å². The largest absolute Gasteiger partial charge is 0.466 e. The van der Waals surface area contributed by atoms with E-state index < -0.39 is 5.60 Å². The first-order valence-corrected chi connectivity index (χ1v) is 10.7. The second-order valence-electron chi connectivity index (χ2n) is 7.68. The number of hydrogen-bond acceptors (Lipinski definition) is 6. The van der Waals surface area contributed by atoms with Gasteiger partial charge in [0, 0.05) is 51.9 Å². The van der Waals surface area contributed by atoms with Crippen molar-refractivity contribution >= 4 is 17.7 Å². The number of aliphatic imine (C=N–C) groups is 1. The fraction of sp³-hybridized carbons (Fsp3) is 0.500. The van der Waals surface area contributed by atoms with E-state index in [2.05, 4.69) is 25.5 Å². The first-order chi connectivity index (χ1) is 15.0. The van der Waals surface area contributed by atoms with E-state index in [9.17, 15) is 9.90 Å². The van der Waals surface area contributed by atoms with E-state index >= 15 is 0 Å². The minimum absolute atomic E-state index is 0.117. The third-order valence-corrected chi connectivity index (χ3v) is 5.18. The van der Waals surface area contributed by atoms with Crippen LogP contribution in [0.5, 0.6) is 0 Å². The zero-order valence-electron chi connectivity index (χ0n) is 18.3. The van der Waals surface area contributed by atoms with E-state index in [1.807, 2.05) is 30.0 Å². The molecule has 31 heavy (non-hydrogen) atoms. The molecule has 3 N–H and O–H groups in total. The summed E-state index contributed by atoms with van der Waals surface area (Å²) in [5.41, 5.74) is -1.20. The van der Waals surface area contributed by atoms with Crippen LogP contribution < -0.4 is 15.5 Å². The van der Waals surface area contributed by atoms with Crippen molar-refractivity contribution in [1.29, 1.82) is 0 Å². The Hall–Kier alpha value is -3.07. The van der Waals surface area contributed by atoms with Gasteiger partial charge in [-0.25, -0.2) is 9.98 Å². The molecule has 0 saturated carbocycles. The summed E-state index contributed by atoms with van der Waals surface area (Å²) >= 11 is 0. The number of nitrogens with one attached hydrogen (secondary N) is 2. The number of carbonyl (C=O) groups is 1. The summed E-state index contributed by atoms with van der Waals surface area (Å²) in [6.07, 6.45) is 3.69. The lowest BCUT2D eigenvalue weighted by molar-refractivity contribution is -0.131. The van der Waals surface area contributed by atoms with Crippen LogP contribution in [0.2, 0.25) is 0 Å². The van der Waals surface area contributed by atoms with Gasteiger partial charge in [0.25, 0.3) is 0 Å². The van der Waals surface area contributed by atoms with Crippen molar-refractivity contribution in [3.63, 3.8) is 0 Å². The van der Waals surface area contributed by atoms with Crippen LogP contribution in [-0.4, -0.2) is 72.7 Å². The highest BCUT2D eigenvalue weighted by Crippen LogP contribution is 2.21. The number of amides is 1. The highest BCUT2D eigenvalue weighted by atomic mass is 16.4. The number of anilines is 1. The maximum atomic E-state index is 12.6. The molecule has 2 aromatic heterocycles. The van der Waals surface area contributed by atoms with Crippen molar-refractivity contribution in [3.8, 4) is 0 Å². The molecule has 1 aliphatic heterocycles. The molecule has 9 heteroatoms. The van der Waals surface area contributed by atoms with Crippen LogP contribution in [0.4, 0.5) is 5.82 Å². The van der Waals surface area contributed by atoms with Gasteiger partial charge in [0.15, 0.2) is 5.96 Å². The molecule has 0 aromatic carbocycles. The second-order valence-corrected chi connectivity index (χ2v) is 7.68. The zero-order valence-corrected chi connectivity index (χ0v) is 18.3. The average molecular weight is 429 g/mol. The number of rotatable bonds is 8. The van der Waals surface area contributed by atoms with Crippen molar-refractivity contribution in [2.24, 2.45) is 4.99 Å². The van der Waals surface area contributed by atoms with Gasteiger partial charge >= 0.3 is 0 Å². The molecule has 1 fully saturated rings. The quantitative estimate of drug-likeness (QED) is 0.428. The Kier molecular flexibility index (Phi) is 7.88. The Morgan fingerprint density at radius 3 is 2.68 bits per heavy atom. The van der Waals surface area contributed by atoms with Crippen LogP contribution >= 0.6 is 0 Å². The van der Waals surface area contributed by atoms with Gasteiger partial charge in [-0.3, -0.25) is 4.79 Å². The molecule has 0 bridgehead atoms. The average Bonchev–Trinajstić information content (AvgIpc) is 3.34. The lowest BCUT2D eigenvalue weighted by atomic mass is 10.0. The summed E-state index contributed by atoms with van der Waals surface area (Å²) in [6.45, 7) is 7.85. The molecule has 9 nitrogen and oxygen atoms in total. The first kappa shape index (κ1) is 22.6. The predicted molar refractivity (Wildman–Crippen MR) is 120 cm³/mol. The van der Waals surface area contributed by atoms with Crippen molar-refractivity contribution < 1.29 is 14.3 Å². The minimum atomic E-state index is -1.20. The van der Waals surface area contributed by atoms with Gasteiger partial charge in [-0.15, -0.1) is 0 Å². The van der Waals surface area contributed by atoms with E-state index in [0.29, 0.717) is 44.3 Å². The van der Waals surface area contributed by atoms with Crippen LogP contribution in [0.15, 0.2) is 52.2 Å². The standard InChI is InChI=1S/C22H32N6O3/c1-3-23-21(26-17-22(2,30)18-7-6-16-31-18)25-11-9-20(29)28-14-12-27(13-15-28)19-8-4-5-10-24-19/h4-8,10,16,30H,3,9,11-15,17H2,1-2H3,(H2,23,25,26). The van der Waals surface area contributed by atoms with Gasteiger partial charge in [0.05, 0.1) is 12.8 Å². The number of furan rings is 1. The highest BCUT2D eigenvalue weighted by Gasteiger charge is 2.26. The zero-order chi connectivity index (χ0) is 22.1. The van der Waals surface area contributed by atoms with E-state index in [0.717, 1.165) is 18.9 Å². The summed E-state index contributed by atoms with van der Waals surface area (Å²) in [7, 11) is 0. The monoisotopic (exact) mass is 428 g/mol. The molecule has 168 valence electrons. The van der Waals surface area contributed by atoms with E-state index in [1.54, 1.807) is 25.3 Å². The molecule has 3 heterocycles. The van der Waals surface area contributed by atoms with Gasteiger partial charge in [0.2, 0.25) is 5.91 Å². The molecule has 3 rings (SSSR count). The maximum Gasteiger partial charge on any atom is 0.224 e. The van der Waals surface area contributed by atoms with Crippen LogP contribution in [0.3, 0.4) is 0 Å². The Morgan fingerprint density at radius 1 is 1.23 bits per heavy atom. The molecule has 1 saturated heterocycles. The first-order valence-electron chi connectivity index (χ1n) is 10.7. The Bertz CT molecular complexity index is 830. The maximum absolute atomic E-state index is 12.6. The summed E-state index contributed by atoms with van der Waals surface area (Å²) < 4.78 is 5.29.